The number of hydrogen-bond donors (Lipinski definition) is 6. The third-order valence-corrected chi connectivity index (χ3v) is 9.67. The normalized spacial score (nSPS) is 22.9. The number of carbonyl (C=O) groups excluding carboxylic acids is 1. The van der Waals surface area contributed by atoms with Crippen molar-refractivity contribution in [3.05, 3.63) is 24.3 Å². The Balaban J connectivity index is 0.00000308. The molecule has 0 saturated carbocycles. The van der Waals surface area contributed by atoms with Crippen LogP contribution < -0.4 is 5.32 Å². The summed E-state index contributed by atoms with van der Waals surface area (Å²) in [6.07, 6.45) is 11.2. The van der Waals surface area contributed by atoms with Gasteiger partial charge in [0.15, 0.2) is 0 Å². The van der Waals surface area contributed by atoms with E-state index in [1.165, 1.54) is 12.0 Å². The molecule has 5 unspecified atom stereocenters. The third kappa shape index (κ3) is 19.4. The first-order chi connectivity index (χ1) is 20.0. The monoisotopic (exact) mass is 617 g/mol. The molecule has 0 bridgehead atoms. The molecule has 42 heavy (non-hydrogen) atoms. The van der Waals surface area contributed by atoms with Crippen molar-refractivity contribution in [3.63, 3.8) is 0 Å². The predicted molar refractivity (Wildman–Crippen MR) is 174 cm³/mol. The minimum atomic E-state index is -1.14. The molecule has 0 aromatic heterocycles. The molecule has 1 fully saturated rings. The van der Waals surface area contributed by atoms with Crippen LogP contribution in [-0.2, 0) is 9.53 Å². The van der Waals surface area contributed by atoms with Gasteiger partial charge < -0.3 is 35.6 Å². The Kier molecular flexibility index (Phi) is 24.8. The Bertz CT molecular complexity index is 721. The number of amides is 1. The molecule has 0 aromatic rings. The molecule has 9 heteroatoms. The van der Waals surface area contributed by atoms with Gasteiger partial charge in [0.25, 0.3) is 5.91 Å². The highest BCUT2D eigenvalue weighted by Crippen LogP contribution is 2.38. The molecular weight excluding hydrogens is 554 g/mol. The number of aliphatic hydroxyl groups excluding tert-OH is 5. The van der Waals surface area contributed by atoms with Crippen LogP contribution in [0, 0.1) is 11.8 Å². The Labute approximate surface area is 260 Å². The van der Waals surface area contributed by atoms with Crippen LogP contribution in [0.5, 0.6) is 0 Å². The van der Waals surface area contributed by atoms with Crippen molar-refractivity contribution in [1.82, 2.24) is 5.32 Å². The zero-order valence-electron chi connectivity index (χ0n) is 27.0. The Morgan fingerprint density at radius 1 is 1.10 bits per heavy atom. The summed E-state index contributed by atoms with van der Waals surface area (Å²) in [6, 6.07) is 0. The summed E-state index contributed by atoms with van der Waals surface area (Å²) >= 11 is 1.81. The smallest absolute Gasteiger partial charge is 0.250 e. The van der Waals surface area contributed by atoms with Gasteiger partial charge in [-0.05, 0) is 69.6 Å². The molecule has 0 aromatic carbocycles. The van der Waals surface area contributed by atoms with Gasteiger partial charge in [-0.1, -0.05) is 78.2 Å². The highest BCUT2D eigenvalue weighted by Gasteiger charge is 2.29. The topological polar surface area (TPSA) is 139 Å². The number of thioether (sulfide) groups is 1. The molecule has 1 amide bonds. The Morgan fingerprint density at radius 2 is 1.79 bits per heavy atom. The molecule has 1 rings (SSSR count). The number of aliphatic hydroxyl groups is 5. The van der Waals surface area contributed by atoms with Crippen LogP contribution in [0.3, 0.4) is 0 Å². The first-order valence-corrected chi connectivity index (χ1v) is 17.1. The van der Waals surface area contributed by atoms with E-state index in [-0.39, 0.29) is 17.6 Å². The number of unbranched alkanes of at least 4 members (excludes halogenated alkanes) is 4. The van der Waals surface area contributed by atoms with Crippen molar-refractivity contribution in [2.24, 2.45) is 11.8 Å². The number of ether oxygens (including phenoxy) is 1. The zero-order valence-corrected chi connectivity index (χ0v) is 27.9. The molecule has 0 aliphatic carbocycles. The highest BCUT2D eigenvalue weighted by atomic mass is 32.2. The van der Waals surface area contributed by atoms with E-state index in [1.54, 1.807) is 6.08 Å². The SMILES string of the molecule is C=C1CCC(CC(O)C(=O)NC(CCCC(C)[C@H](O)C[C@H](O)C=CCCCCC)OCO)SC(C)[C@@H]1C.CCCCO. The summed E-state index contributed by atoms with van der Waals surface area (Å²) in [5.74, 6) is -0.116. The molecule has 1 saturated heterocycles. The molecule has 1 aliphatic rings. The van der Waals surface area contributed by atoms with Gasteiger partial charge in [-0.3, -0.25) is 4.79 Å². The van der Waals surface area contributed by atoms with Gasteiger partial charge in [0.05, 0.1) is 12.2 Å². The van der Waals surface area contributed by atoms with Crippen molar-refractivity contribution in [3.8, 4) is 0 Å². The van der Waals surface area contributed by atoms with Crippen molar-refractivity contribution >= 4 is 17.7 Å². The van der Waals surface area contributed by atoms with Crippen LogP contribution in [0.2, 0.25) is 0 Å². The zero-order chi connectivity index (χ0) is 31.9. The van der Waals surface area contributed by atoms with Crippen LogP contribution in [0.1, 0.15) is 118 Å². The molecule has 8 atom stereocenters. The fourth-order valence-electron chi connectivity index (χ4n) is 4.77. The van der Waals surface area contributed by atoms with E-state index in [0.717, 1.165) is 44.9 Å². The van der Waals surface area contributed by atoms with Crippen molar-refractivity contribution in [1.29, 1.82) is 0 Å². The van der Waals surface area contributed by atoms with Gasteiger partial charge in [-0.15, -0.1) is 0 Å². The first-order valence-electron chi connectivity index (χ1n) is 16.2. The largest absolute Gasteiger partial charge is 0.396 e. The maximum Gasteiger partial charge on any atom is 0.250 e. The quantitative estimate of drug-likeness (QED) is 0.0602. The summed E-state index contributed by atoms with van der Waals surface area (Å²) < 4.78 is 5.28. The van der Waals surface area contributed by atoms with Crippen LogP contribution in [-0.4, -0.2) is 79.9 Å². The first kappa shape index (κ1) is 41.1. The van der Waals surface area contributed by atoms with E-state index in [2.05, 4.69) is 39.6 Å². The maximum absolute atomic E-state index is 12.6. The minimum Gasteiger partial charge on any atom is -0.396 e. The minimum absolute atomic E-state index is 0.0365. The standard InChI is InChI=1S/C29H53NO6S.C4H10O/c1-6-7-8-9-10-13-24(32)17-26(33)21(3)12-11-14-28(36-19-31)30-29(35)27(34)18-25-16-15-20(2)22(4)23(5)37-25;1-2-3-4-5/h10,13,21-28,31-34H,2,6-9,11-12,14-19H2,1,3-5H3,(H,30,35);5H,2-4H2,1H3/t21?,22-,23?,24-,25?,26-,27?,28?;/m1./s1. The third-order valence-electron chi connectivity index (χ3n) is 8.02. The molecule has 6 N–H and O–H groups in total. The molecule has 1 heterocycles. The second-order valence-electron chi connectivity index (χ2n) is 11.8. The molecule has 8 nitrogen and oxygen atoms in total. The van der Waals surface area contributed by atoms with Gasteiger partial charge in [-0.25, -0.2) is 0 Å². The second-order valence-corrected chi connectivity index (χ2v) is 13.5. The molecular formula is C33H63NO7S. The van der Waals surface area contributed by atoms with Crippen LogP contribution >= 0.6 is 11.8 Å². The lowest BCUT2D eigenvalue weighted by Gasteiger charge is -2.24. The van der Waals surface area contributed by atoms with Crippen LogP contribution in [0.25, 0.3) is 0 Å². The molecule has 248 valence electrons. The summed E-state index contributed by atoms with van der Waals surface area (Å²) in [4.78, 5) is 12.6. The van der Waals surface area contributed by atoms with Gasteiger partial charge in [-0.2, -0.15) is 11.8 Å². The summed E-state index contributed by atoms with van der Waals surface area (Å²) in [5.41, 5.74) is 1.23. The fraction of sp³-hybridized carbons (Fsp3) is 0.848. The van der Waals surface area contributed by atoms with E-state index < -0.39 is 37.2 Å². The van der Waals surface area contributed by atoms with Gasteiger partial charge in [0.1, 0.15) is 19.1 Å². The van der Waals surface area contributed by atoms with Crippen molar-refractivity contribution < 1.29 is 35.1 Å². The van der Waals surface area contributed by atoms with E-state index in [1.807, 2.05) is 24.8 Å². The van der Waals surface area contributed by atoms with Crippen LogP contribution in [0.15, 0.2) is 24.3 Å². The highest BCUT2D eigenvalue weighted by molar-refractivity contribution is 8.00. The lowest BCUT2D eigenvalue weighted by Crippen LogP contribution is -2.44. The van der Waals surface area contributed by atoms with Gasteiger partial charge in [0.2, 0.25) is 0 Å². The van der Waals surface area contributed by atoms with E-state index in [0.29, 0.717) is 43.5 Å². The summed E-state index contributed by atoms with van der Waals surface area (Å²) in [7, 11) is 0. The molecule has 0 spiro atoms. The molecule has 1 aliphatic heterocycles. The fourth-order valence-corrected chi connectivity index (χ4v) is 6.35. The number of nitrogens with one attached hydrogen (secondary N) is 1. The number of allylic oxidation sites excluding steroid dienone is 2. The Hall–Kier alpha value is -0.940. The predicted octanol–water partition coefficient (Wildman–Crippen LogP) is 5.46. The number of rotatable bonds is 20. The van der Waals surface area contributed by atoms with Crippen molar-refractivity contribution in [2.45, 2.75) is 153 Å². The molecule has 0 radical (unpaired) electrons. The summed E-state index contributed by atoms with van der Waals surface area (Å²) in [5, 5.41) is 51.8. The lowest BCUT2D eigenvalue weighted by atomic mass is 9.93. The van der Waals surface area contributed by atoms with Crippen LogP contribution in [0.4, 0.5) is 0 Å². The average molecular weight is 618 g/mol. The maximum atomic E-state index is 12.6. The number of hydrogen-bond acceptors (Lipinski definition) is 8. The van der Waals surface area contributed by atoms with Gasteiger partial charge in [0, 0.05) is 23.5 Å². The Morgan fingerprint density at radius 3 is 2.38 bits per heavy atom. The second kappa shape index (κ2) is 25.4. The van der Waals surface area contributed by atoms with E-state index >= 15 is 0 Å². The summed E-state index contributed by atoms with van der Waals surface area (Å²) in [6.45, 7) is 14.5. The lowest BCUT2D eigenvalue weighted by molar-refractivity contribution is -0.138. The van der Waals surface area contributed by atoms with E-state index in [9.17, 15) is 25.2 Å². The average Bonchev–Trinajstić information content (AvgIpc) is 3.06. The van der Waals surface area contributed by atoms with E-state index in [4.69, 9.17) is 9.84 Å². The van der Waals surface area contributed by atoms with Gasteiger partial charge >= 0.3 is 0 Å². The van der Waals surface area contributed by atoms with Crippen molar-refractivity contribution in [2.75, 3.05) is 13.4 Å². The number of carbonyl (C=O) groups is 1.